The van der Waals surface area contributed by atoms with Crippen LogP contribution in [-0.2, 0) is 11.3 Å². The van der Waals surface area contributed by atoms with Crippen molar-refractivity contribution in [2.45, 2.75) is 11.7 Å². The van der Waals surface area contributed by atoms with Gasteiger partial charge >= 0.3 is 0 Å². The van der Waals surface area contributed by atoms with E-state index in [1.807, 2.05) is 4.90 Å². The predicted octanol–water partition coefficient (Wildman–Crippen LogP) is 3.85. The Morgan fingerprint density at radius 2 is 1.75 bits per heavy atom. The van der Waals surface area contributed by atoms with E-state index in [2.05, 4.69) is 21.7 Å². The highest BCUT2D eigenvalue weighted by molar-refractivity contribution is 7.99. The number of allylic oxidation sites excluding steroid dienone is 1. The number of aromatic nitrogens is 3. The fourth-order valence-electron chi connectivity index (χ4n) is 3.61. The Labute approximate surface area is 189 Å². The van der Waals surface area contributed by atoms with Crippen LogP contribution < -0.4 is 4.90 Å². The number of piperazine rings is 1. The van der Waals surface area contributed by atoms with Crippen LogP contribution in [0.3, 0.4) is 0 Å². The van der Waals surface area contributed by atoms with Crippen LogP contribution in [0.2, 0.25) is 0 Å². The van der Waals surface area contributed by atoms with Gasteiger partial charge in [-0.15, -0.1) is 16.8 Å². The zero-order chi connectivity index (χ0) is 22.5. The van der Waals surface area contributed by atoms with Crippen molar-refractivity contribution in [2.24, 2.45) is 0 Å². The molecule has 6 nitrogen and oxygen atoms in total. The van der Waals surface area contributed by atoms with E-state index in [1.165, 1.54) is 30.0 Å². The van der Waals surface area contributed by atoms with Gasteiger partial charge in [0.15, 0.2) is 11.0 Å². The van der Waals surface area contributed by atoms with E-state index in [4.69, 9.17) is 0 Å². The first-order valence-electron chi connectivity index (χ1n) is 10.3. The second-order valence-corrected chi connectivity index (χ2v) is 8.26. The van der Waals surface area contributed by atoms with E-state index >= 15 is 0 Å². The highest BCUT2D eigenvalue weighted by atomic mass is 32.2. The van der Waals surface area contributed by atoms with E-state index < -0.39 is 0 Å². The molecule has 1 aliphatic heterocycles. The van der Waals surface area contributed by atoms with Gasteiger partial charge in [0.2, 0.25) is 5.91 Å². The maximum atomic E-state index is 14.2. The number of hydrogen-bond acceptors (Lipinski definition) is 5. The lowest BCUT2D eigenvalue weighted by atomic mass is 10.2. The summed E-state index contributed by atoms with van der Waals surface area (Å²) in [4.78, 5) is 16.7. The third-order valence-corrected chi connectivity index (χ3v) is 6.24. The van der Waals surface area contributed by atoms with Gasteiger partial charge in [-0.05, 0) is 36.4 Å². The monoisotopic (exact) mass is 455 g/mol. The van der Waals surface area contributed by atoms with Crippen LogP contribution in [0.5, 0.6) is 0 Å². The molecular weight excluding hydrogens is 432 g/mol. The summed E-state index contributed by atoms with van der Waals surface area (Å²) in [7, 11) is 0. The van der Waals surface area contributed by atoms with E-state index in [9.17, 15) is 13.6 Å². The molecule has 0 saturated carbocycles. The summed E-state index contributed by atoms with van der Waals surface area (Å²) in [6.07, 6.45) is 1.69. The number of carbonyl (C=O) groups excluding carboxylic acids is 1. The van der Waals surface area contributed by atoms with Crippen molar-refractivity contribution < 1.29 is 13.6 Å². The van der Waals surface area contributed by atoms with Gasteiger partial charge in [0.05, 0.1) is 11.3 Å². The molecule has 1 aliphatic rings. The normalized spacial score (nSPS) is 13.9. The molecule has 3 aromatic rings. The van der Waals surface area contributed by atoms with Crippen molar-refractivity contribution >= 4 is 23.4 Å². The standard InChI is InChI=1S/C23H23F2N5OS/c1-2-11-30-22(19-5-3-4-6-20(19)25)26-27-23(30)32-16-21(31)29-14-12-28(13-15-29)18-9-7-17(24)8-10-18/h2-10H,1,11-16H2. The number of anilines is 1. The van der Waals surface area contributed by atoms with Gasteiger partial charge in [-0.25, -0.2) is 8.78 Å². The van der Waals surface area contributed by atoms with Crippen LogP contribution in [0.15, 0.2) is 66.3 Å². The number of amides is 1. The van der Waals surface area contributed by atoms with Gasteiger partial charge in [-0.3, -0.25) is 9.36 Å². The first-order valence-corrected chi connectivity index (χ1v) is 11.3. The minimum Gasteiger partial charge on any atom is -0.368 e. The SMILES string of the molecule is C=CCn1c(SCC(=O)N2CCN(c3ccc(F)cc3)CC2)nnc1-c1ccccc1F. The molecule has 0 aliphatic carbocycles. The van der Waals surface area contributed by atoms with Crippen molar-refractivity contribution in [1.29, 1.82) is 0 Å². The van der Waals surface area contributed by atoms with E-state index in [-0.39, 0.29) is 23.3 Å². The predicted molar refractivity (Wildman–Crippen MR) is 122 cm³/mol. The van der Waals surface area contributed by atoms with Gasteiger partial charge in [0.25, 0.3) is 0 Å². The highest BCUT2D eigenvalue weighted by Crippen LogP contribution is 2.26. The molecule has 1 amide bonds. The summed E-state index contributed by atoms with van der Waals surface area (Å²) in [6.45, 7) is 6.73. The Hall–Kier alpha value is -3.20. The number of nitrogens with zero attached hydrogens (tertiary/aromatic N) is 5. The Morgan fingerprint density at radius 3 is 2.44 bits per heavy atom. The Morgan fingerprint density at radius 1 is 1.03 bits per heavy atom. The zero-order valence-electron chi connectivity index (χ0n) is 17.5. The zero-order valence-corrected chi connectivity index (χ0v) is 18.3. The summed E-state index contributed by atoms with van der Waals surface area (Å²) in [5.74, 6) is -0.0116. The smallest absolute Gasteiger partial charge is 0.233 e. The number of hydrogen-bond donors (Lipinski definition) is 0. The van der Waals surface area contributed by atoms with Crippen LogP contribution in [0.4, 0.5) is 14.5 Å². The molecule has 0 atom stereocenters. The van der Waals surface area contributed by atoms with Crippen LogP contribution in [0, 0.1) is 11.6 Å². The van der Waals surface area contributed by atoms with Gasteiger partial charge in [-0.2, -0.15) is 0 Å². The molecule has 2 aromatic carbocycles. The van der Waals surface area contributed by atoms with E-state index in [0.717, 1.165) is 5.69 Å². The Balaban J connectivity index is 1.38. The molecule has 2 heterocycles. The molecule has 4 rings (SSSR count). The van der Waals surface area contributed by atoms with Gasteiger partial charge < -0.3 is 9.80 Å². The first-order chi connectivity index (χ1) is 15.6. The van der Waals surface area contributed by atoms with Crippen molar-refractivity contribution in [3.05, 3.63) is 72.8 Å². The molecule has 166 valence electrons. The second kappa shape index (κ2) is 9.95. The molecule has 32 heavy (non-hydrogen) atoms. The molecule has 0 bridgehead atoms. The molecule has 1 saturated heterocycles. The fraction of sp³-hybridized carbons (Fsp3) is 0.261. The number of rotatable bonds is 7. The van der Waals surface area contributed by atoms with E-state index in [1.54, 1.807) is 41.0 Å². The third kappa shape index (κ3) is 4.83. The summed E-state index contributed by atoms with van der Waals surface area (Å²) >= 11 is 1.28. The quantitative estimate of drug-likeness (QED) is 0.400. The maximum absolute atomic E-state index is 14.2. The van der Waals surface area contributed by atoms with Gasteiger partial charge in [-0.1, -0.05) is 30.0 Å². The van der Waals surface area contributed by atoms with Gasteiger partial charge in [0, 0.05) is 38.4 Å². The highest BCUT2D eigenvalue weighted by Gasteiger charge is 2.23. The lowest BCUT2D eigenvalue weighted by Gasteiger charge is -2.36. The maximum Gasteiger partial charge on any atom is 0.233 e. The van der Waals surface area contributed by atoms with Crippen molar-refractivity contribution in [3.8, 4) is 11.4 Å². The number of carbonyl (C=O) groups is 1. The molecule has 9 heteroatoms. The summed E-state index contributed by atoms with van der Waals surface area (Å²) in [6, 6.07) is 12.8. The van der Waals surface area contributed by atoms with Crippen molar-refractivity contribution in [1.82, 2.24) is 19.7 Å². The number of thioether (sulfide) groups is 1. The third-order valence-electron chi connectivity index (χ3n) is 5.29. The Bertz CT molecular complexity index is 1090. The molecule has 0 radical (unpaired) electrons. The van der Waals surface area contributed by atoms with Crippen LogP contribution in [-0.4, -0.2) is 57.5 Å². The molecule has 1 fully saturated rings. The fourth-order valence-corrected chi connectivity index (χ4v) is 4.47. The lowest BCUT2D eigenvalue weighted by Crippen LogP contribution is -2.49. The molecule has 0 spiro atoms. The second-order valence-electron chi connectivity index (χ2n) is 7.32. The average molecular weight is 456 g/mol. The lowest BCUT2D eigenvalue weighted by molar-refractivity contribution is -0.128. The Kier molecular flexibility index (Phi) is 6.84. The van der Waals surface area contributed by atoms with Crippen molar-refractivity contribution in [2.75, 3.05) is 36.8 Å². The molecule has 0 unspecified atom stereocenters. The molecule has 1 aromatic heterocycles. The summed E-state index contributed by atoms with van der Waals surface area (Å²) in [5.41, 5.74) is 1.31. The molecule has 0 N–H and O–H groups in total. The molecular formula is C23H23F2N5OS. The van der Waals surface area contributed by atoms with Gasteiger partial charge in [0.1, 0.15) is 11.6 Å². The largest absolute Gasteiger partial charge is 0.368 e. The topological polar surface area (TPSA) is 54.3 Å². The minimum absolute atomic E-state index is 0.00866. The van der Waals surface area contributed by atoms with Crippen LogP contribution >= 0.6 is 11.8 Å². The van der Waals surface area contributed by atoms with Crippen LogP contribution in [0.1, 0.15) is 0 Å². The van der Waals surface area contributed by atoms with E-state index in [0.29, 0.717) is 49.3 Å². The summed E-state index contributed by atoms with van der Waals surface area (Å²) in [5, 5.41) is 8.88. The minimum atomic E-state index is -0.378. The van der Waals surface area contributed by atoms with Crippen LogP contribution in [0.25, 0.3) is 11.4 Å². The average Bonchev–Trinajstić information content (AvgIpc) is 3.21. The van der Waals surface area contributed by atoms with Crippen molar-refractivity contribution in [3.63, 3.8) is 0 Å². The first kappa shape index (κ1) is 22.0. The summed E-state index contributed by atoms with van der Waals surface area (Å²) < 4.78 is 29.1. The number of halogens is 2. The number of benzene rings is 2.